The summed E-state index contributed by atoms with van der Waals surface area (Å²) in [5.41, 5.74) is 0.639. The Bertz CT molecular complexity index is 875. The van der Waals surface area contributed by atoms with Crippen molar-refractivity contribution in [3.63, 3.8) is 0 Å². The highest BCUT2D eigenvalue weighted by Crippen LogP contribution is 2.24. The normalized spacial score (nSPS) is 12.0. The molecule has 2 rings (SSSR count). The van der Waals surface area contributed by atoms with Crippen molar-refractivity contribution in [2.45, 2.75) is 45.2 Å². The number of thioether (sulfide) groups is 1. The molecule has 0 aliphatic rings. The van der Waals surface area contributed by atoms with Crippen LogP contribution < -0.4 is 5.32 Å². The minimum absolute atomic E-state index is 0.00157. The first kappa shape index (κ1) is 24.2. The van der Waals surface area contributed by atoms with Crippen molar-refractivity contribution in [3.05, 3.63) is 70.2 Å². The Morgan fingerprint density at radius 3 is 2.37 bits per heavy atom. The Morgan fingerprint density at radius 1 is 1.07 bits per heavy atom. The van der Waals surface area contributed by atoms with E-state index in [9.17, 15) is 18.4 Å². The van der Waals surface area contributed by atoms with Gasteiger partial charge in [-0.1, -0.05) is 35.9 Å². The van der Waals surface area contributed by atoms with Crippen LogP contribution in [-0.2, 0) is 21.9 Å². The molecule has 2 aromatic rings. The summed E-state index contributed by atoms with van der Waals surface area (Å²) in [6.45, 7) is 5.21. The molecule has 1 N–H and O–H groups in total. The third kappa shape index (κ3) is 6.71. The summed E-state index contributed by atoms with van der Waals surface area (Å²) in [6, 6.07) is 9.66. The summed E-state index contributed by atoms with van der Waals surface area (Å²) in [7, 11) is 0. The van der Waals surface area contributed by atoms with Crippen LogP contribution in [0.15, 0.2) is 42.5 Å². The SMILES string of the molecule is CC(C)NC(=O)C(C)N(Cc1ccccc1F)C(=O)CSCc1c(F)cccc1Cl. The fourth-order valence-electron chi connectivity index (χ4n) is 2.79. The van der Waals surface area contributed by atoms with Gasteiger partial charge in [0.15, 0.2) is 0 Å². The molecule has 4 nitrogen and oxygen atoms in total. The van der Waals surface area contributed by atoms with Gasteiger partial charge in [-0.2, -0.15) is 0 Å². The average Bonchev–Trinajstić information content (AvgIpc) is 2.68. The highest BCUT2D eigenvalue weighted by atomic mass is 35.5. The minimum Gasteiger partial charge on any atom is -0.352 e. The standard InChI is InChI=1S/C22H25ClF2N2O2S/c1-14(2)26-22(29)15(3)27(11-16-7-4-5-9-19(16)24)21(28)13-30-12-17-18(23)8-6-10-20(17)25/h4-10,14-15H,11-13H2,1-3H3,(H,26,29). The van der Waals surface area contributed by atoms with E-state index in [4.69, 9.17) is 11.6 Å². The summed E-state index contributed by atoms with van der Waals surface area (Å²) >= 11 is 7.22. The number of hydrogen-bond acceptors (Lipinski definition) is 3. The van der Waals surface area contributed by atoms with Crippen molar-refractivity contribution in [2.24, 2.45) is 0 Å². The molecule has 30 heavy (non-hydrogen) atoms. The van der Waals surface area contributed by atoms with E-state index in [0.29, 0.717) is 16.1 Å². The quantitative estimate of drug-likeness (QED) is 0.592. The number of hydrogen-bond donors (Lipinski definition) is 1. The lowest BCUT2D eigenvalue weighted by molar-refractivity contribution is -0.138. The average molecular weight is 455 g/mol. The first-order chi connectivity index (χ1) is 14.2. The van der Waals surface area contributed by atoms with Crippen molar-refractivity contribution < 1.29 is 18.4 Å². The Balaban J connectivity index is 2.13. The summed E-state index contributed by atoms with van der Waals surface area (Å²) in [5.74, 6) is -1.35. The zero-order valence-electron chi connectivity index (χ0n) is 17.1. The number of benzene rings is 2. The van der Waals surface area contributed by atoms with E-state index in [1.807, 2.05) is 13.8 Å². The largest absolute Gasteiger partial charge is 0.352 e. The monoisotopic (exact) mass is 454 g/mol. The molecule has 0 saturated carbocycles. The first-order valence-corrected chi connectivity index (χ1v) is 11.1. The van der Waals surface area contributed by atoms with E-state index in [2.05, 4.69) is 5.32 Å². The molecule has 0 radical (unpaired) electrons. The van der Waals surface area contributed by atoms with Gasteiger partial charge in [0.2, 0.25) is 11.8 Å². The first-order valence-electron chi connectivity index (χ1n) is 9.54. The predicted molar refractivity (Wildman–Crippen MR) is 117 cm³/mol. The molecule has 162 valence electrons. The van der Waals surface area contributed by atoms with E-state index in [0.717, 1.165) is 0 Å². The molecule has 0 heterocycles. The number of rotatable bonds is 9. The Morgan fingerprint density at radius 2 is 1.73 bits per heavy atom. The summed E-state index contributed by atoms with van der Waals surface area (Å²) in [4.78, 5) is 26.8. The number of nitrogens with one attached hydrogen (secondary N) is 1. The number of nitrogens with zero attached hydrogens (tertiary/aromatic N) is 1. The van der Waals surface area contributed by atoms with Gasteiger partial charge in [-0.25, -0.2) is 8.78 Å². The van der Waals surface area contributed by atoms with Gasteiger partial charge >= 0.3 is 0 Å². The highest BCUT2D eigenvalue weighted by Gasteiger charge is 2.27. The summed E-state index contributed by atoms with van der Waals surface area (Å²) in [6.07, 6.45) is 0. The van der Waals surface area contributed by atoms with E-state index < -0.39 is 17.7 Å². The molecule has 8 heteroatoms. The van der Waals surface area contributed by atoms with Crippen LogP contribution in [-0.4, -0.2) is 34.6 Å². The van der Waals surface area contributed by atoms with Crippen molar-refractivity contribution in [1.29, 1.82) is 0 Å². The smallest absolute Gasteiger partial charge is 0.242 e. The van der Waals surface area contributed by atoms with Gasteiger partial charge in [0.25, 0.3) is 0 Å². The van der Waals surface area contributed by atoms with Gasteiger partial charge in [0, 0.05) is 34.5 Å². The minimum atomic E-state index is -0.794. The van der Waals surface area contributed by atoms with Crippen LogP contribution in [0.3, 0.4) is 0 Å². The van der Waals surface area contributed by atoms with Gasteiger partial charge in [0.1, 0.15) is 17.7 Å². The summed E-state index contributed by atoms with van der Waals surface area (Å²) < 4.78 is 28.1. The van der Waals surface area contributed by atoms with Crippen LogP contribution in [0.25, 0.3) is 0 Å². The molecule has 0 aromatic heterocycles. The van der Waals surface area contributed by atoms with Gasteiger partial charge in [-0.3, -0.25) is 9.59 Å². The summed E-state index contributed by atoms with van der Waals surface area (Å²) in [5, 5.41) is 3.07. The fourth-order valence-corrected chi connectivity index (χ4v) is 4.04. The van der Waals surface area contributed by atoms with Crippen LogP contribution in [0, 0.1) is 11.6 Å². The molecule has 0 fully saturated rings. The Labute approximate surface area is 185 Å². The number of halogens is 3. The molecular weight excluding hydrogens is 430 g/mol. The van der Waals surface area contributed by atoms with E-state index in [1.54, 1.807) is 31.2 Å². The van der Waals surface area contributed by atoms with E-state index in [-0.39, 0.29) is 35.9 Å². The molecule has 1 atom stereocenters. The lowest BCUT2D eigenvalue weighted by atomic mass is 10.1. The van der Waals surface area contributed by atoms with Gasteiger partial charge in [0.05, 0.1) is 5.75 Å². The van der Waals surface area contributed by atoms with Crippen molar-refractivity contribution in [2.75, 3.05) is 5.75 Å². The molecule has 0 saturated heterocycles. The van der Waals surface area contributed by atoms with Crippen LogP contribution in [0.4, 0.5) is 8.78 Å². The van der Waals surface area contributed by atoms with Gasteiger partial charge < -0.3 is 10.2 Å². The Hall–Kier alpha value is -2.12. The molecule has 2 amide bonds. The Kier molecular flexibility index (Phi) is 9.11. The van der Waals surface area contributed by atoms with Crippen molar-refractivity contribution in [1.82, 2.24) is 10.2 Å². The molecular formula is C22H25ClF2N2O2S. The zero-order valence-corrected chi connectivity index (χ0v) is 18.7. The maximum absolute atomic E-state index is 14.2. The maximum Gasteiger partial charge on any atom is 0.242 e. The molecule has 1 unspecified atom stereocenters. The maximum atomic E-state index is 14.2. The van der Waals surface area contributed by atoms with Crippen molar-refractivity contribution >= 4 is 35.2 Å². The van der Waals surface area contributed by atoms with Crippen LogP contribution in [0.2, 0.25) is 5.02 Å². The van der Waals surface area contributed by atoms with Crippen LogP contribution in [0.5, 0.6) is 0 Å². The van der Waals surface area contributed by atoms with Crippen LogP contribution >= 0.6 is 23.4 Å². The fraction of sp³-hybridized carbons (Fsp3) is 0.364. The third-order valence-electron chi connectivity index (χ3n) is 4.43. The number of carbonyl (C=O) groups excluding carboxylic acids is 2. The molecule has 0 bridgehead atoms. The van der Waals surface area contributed by atoms with E-state index >= 15 is 0 Å². The van der Waals surface area contributed by atoms with Crippen molar-refractivity contribution in [3.8, 4) is 0 Å². The van der Waals surface area contributed by atoms with Gasteiger partial charge in [-0.05, 0) is 39.0 Å². The van der Waals surface area contributed by atoms with E-state index in [1.165, 1.54) is 34.9 Å². The van der Waals surface area contributed by atoms with Crippen LogP contribution in [0.1, 0.15) is 31.9 Å². The number of amides is 2. The molecule has 0 aliphatic carbocycles. The number of carbonyl (C=O) groups is 2. The molecule has 0 spiro atoms. The lowest BCUT2D eigenvalue weighted by Crippen LogP contribution is -2.49. The highest BCUT2D eigenvalue weighted by molar-refractivity contribution is 7.99. The topological polar surface area (TPSA) is 49.4 Å². The second kappa shape index (κ2) is 11.3. The molecule has 0 aliphatic heterocycles. The second-order valence-corrected chi connectivity index (χ2v) is 8.54. The molecule has 2 aromatic carbocycles. The zero-order chi connectivity index (χ0) is 22.3. The van der Waals surface area contributed by atoms with Gasteiger partial charge in [-0.15, -0.1) is 11.8 Å². The lowest BCUT2D eigenvalue weighted by Gasteiger charge is -2.29. The predicted octanol–water partition coefficient (Wildman–Crippen LogP) is 4.79. The second-order valence-electron chi connectivity index (χ2n) is 7.15. The third-order valence-corrected chi connectivity index (χ3v) is 5.73.